The van der Waals surface area contributed by atoms with Crippen molar-refractivity contribution in [1.29, 1.82) is 0 Å². The van der Waals surface area contributed by atoms with Crippen LogP contribution in [0.4, 0.5) is 11.4 Å². The number of nitrogens with zero attached hydrogens (tertiary/aromatic N) is 1. The summed E-state index contributed by atoms with van der Waals surface area (Å²) in [6.07, 6.45) is 0. The smallest absolute Gasteiger partial charge is 0.0456 e. The summed E-state index contributed by atoms with van der Waals surface area (Å²) in [5.74, 6) is 0. The van der Waals surface area contributed by atoms with Gasteiger partial charge in [-0.05, 0) is 37.6 Å². The number of benzene rings is 2. The Morgan fingerprint density at radius 1 is 1.00 bits per heavy atom. The van der Waals surface area contributed by atoms with Crippen molar-refractivity contribution in [3.05, 3.63) is 59.7 Å². The van der Waals surface area contributed by atoms with Gasteiger partial charge >= 0.3 is 0 Å². The van der Waals surface area contributed by atoms with Gasteiger partial charge < -0.3 is 10.2 Å². The van der Waals surface area contributed by atoms with E-state index in [0.29, 0.717) is 6.04 Å². The highest BCUT2D eigenvalue weighted by molar-refractivity contribution is 5.66. The van der Waals surface area contributed by atoms with Crippen LogP contribution in [0.25, 0.3) is 0 Å². The highest BCUT2D eigenvalue weighted by atomic mass is 15.1. The van der Waals surface area contributed by atoms with Crippen molar-refractivity contribution in [1.82, 2.24) is 5.32 Å². The van der Waals surface area contributed by atoms with E-state index in [4.69, 9.17) is 0 Å². The molecule has 21 heavy (non-hydrogen) atoms. The predicted molar refractivity (Wildman–Crippen MR) is 92.3 cm³/mol. The maximum Gasteiger partial charge on any atom is 0.0456 e. The molecule has 0 atom stereocenters. The molecule has 0 spiro atoms. The van der Waals surface area contributed by atoms with Gasteiger partial charge in [0.2, 0.25) is 0 Å². The second-order valence-electron chi connectivity index (χ2n) is 5.74. The summed E-state index contributed by atoms with van der Waals surface area (Å²) in [5, 5.41) is 3.52. The Labute approximate surface area is 128 Å². The number of nitrogens with one attached hydrogen (secondary N) is 1. The summed E-state index contributed by atoms with van der Waals surface area (Å²) in [7, 11) is 0. The van der Waals surface area contributed by atoms with Crippen molar-refractivity contribution in [2.45, 2.75) is 40.3 Å². The normalized spacial score (nSPS) is 10.9. The summed E-state index contributed by atoms with van der Waals surface area (Å²) in [6, 6.07) is 17.9. The van der Waals surface area contributed by atoms with E-state index in [-0.39, 0.29) is 0 Å². The fourth-order valence-electron chi connectivity index (χ4n) is 2.45. The molecule has 2 rings (SSSR count). The lowest BCUT2D eigenvalue weighted by Crippen LogP contribution is -2.24. The summed E-state index contributed by atoms with van der Waals surface area (Å²) in [6.45, 7) is 10.5. The molecule has 0 unspecified atom stereocenters. The van der Waals surface area contributed by atoms with Crippen molar-refractivity contribution in [2.75, 3.05) is 11.4 Å². The molecular formula is C19H26N2. The molecule has 0 fully saturated rings. The number of aryl methyl sites for hydroxylation is 1. The van der Waals surface area contributed by atoms with E-state index in [1.807, 2.05) is 0 Å². The number of anilines is 2. The predicted octanol–water partition coefficient (Wildman–Crippen LogP) is 4.65. The second-order valence-corrected chi connectivity index (χ2v) is 5.74. The first kappa shape index (κ1) is 15.6. The molecule has 0 heterocycles. The largest absolute Gasteiger partial charge is 0.342 e. The van der Waals surface area contributed by atoms with E-state index in [0.717, 1.165) is 13.1 Å². The molecule has 2 nitrogen and oxygen atoms in total. The van der Waals surface area contributed by atoms with Gasteiger partial charge in [-0.25, -0.2) is 0 Å². The van der Waals surface area contributed by atoms with Crippen molar-refractivity contribution in [3.8, 4) is 0 Å². The Morgan fingerprint density at radius 2 is 1.67 bits per heavy atom. The Kier molecular flexibility index (Phi) is 5.40. The van der Waals surface area contributed by atoms with Crippen LogP contribution in [0.2, 0.25) is 0 Å². The van der Waals surface area contributed by atoms with Crippen molar-refractivity contribution >= 4 is 11.4 Å². The van der Waals surface area contributed by atoms with Gasteiger partial charge in [0.05, 0.1) is 0 Å². The number of hydrogen-bond acceptors (Lipinski definition) is 2. The van der Waals surface area contributed by atoms with E-state index >= 15 is 0 Å². The molecule has 0 saturated carbocycles. The molecule has 0 aliphatic carbocycles. The molecule has 2 aromatic carbocycles. The van der Waals surface area contributed by atoms with Gasteiger partial charge in [-0.1, -0.05) is 49.7 Å². The van der Waals surface area contributed by atoms with E-state index in [1.54, 1.807) is 0 Å². The quantitative estimate of drug-likeness (QED) is 0.829. The van der Waals surface area contributed by atoms with Crippen LogP contribution in [-0.2, 0) is 6.54 Å². The molecule has 0 amide bonds. The summed E-state index contributed by atoms with van der Waals surface area (Å²) >= 11 is 0. The third-order valence-corrected chi connectivity index (χ3v) is 3.65. The lowest BCUT2D eigenvalue weighted by molar-refractivity contribution is 0.588. The molecule has 0 saturated heterocycles. The van der Waals surface area contributed by atoms with Gasteiger partial charge in [-0.15, -0.1) is 0 Å². The van der Waals surface area contributed by atoms with Gasteiger partial charge in [0.25, 0.3) is 0 Å². The number of rotatable bonds is 6. The minimum Gasteiger partial charge on any atom is -0.342 e. The molecule has 0 aliphatic rings. The lowest BCUT2D eigenvalue weighted by Gasteiger charge is -2.26. The summed E-state index contributed by atoms with van der Waals surface area (Å²) in [5.41, 5.74) is 5.18. The number of para-hydroxylation sites is 1. The molecule has 0 aliphatic heterocycles. The first-order chi connectivity index (χ1) is 10.1. The van der Waals surface area contributed by atoms with Crippen LogP contribution in [0.3, 0.4) is 0 Å². The monoisotopic (exact) mass is 282 g/mol. The summed E-state index contributed by atoms with van der Waals surface area (Å²) < 4.78 is 0. The minimum atomic E-state index is 0.493. The molecule has 0 aromatic heterocycles. The molecule has 112 valence electrons. The molecule has 2 aromatic rings. The van der Waals surface area contributed by atoms with Crippen molar-refractivity contribution in [2.24, 2.45) is 0 Å². The third-order valence-electron chi connectivity index (χ3n) is 3.65. The number of hydrogen-bond donors (Lipinski definition) is 1. The van der Waals surface area contributed by atoms with Gasteiger partial charge in [-0.3, -0.25) is 0 Å². The van der Waals surface area contributed by atoms with Crippen molar-refractivity contribution in [3.63, 3.8) is 0 Å². The van der Waals surface area contributed by atoms with Crippen LogP contribution in [0.1, 0.15) is 31.9 Å². The fourth-order valence-corrected chi connectivity index (χ4v) is 2.45. The standard InChI is InChI=1S/C19H26N2/c1-5-21(18-12-10-16(4)11-13-18)19-9-7-6-8-17(19)14-20-15(2)3/h6-13,15,20H,5,14H2,1-4H3. The van der Waals surface area contributed by atoms with Gasteiger partial charge in [0.1, 0.15) is 0 Å². The average Bonchev–Trinajstić information content (AvgIpc) is 2.49. The molecule has 0 bridgehead atoms. The molecule has 0 radical (unpaired) electrons. The first-order valence-electron chi connectivity index (χ1n) is 7.77. The second kappa shape index (κ2) is 7.28. The van der Waals surface area contributed by atoms with Crippen LogP contribution in [0.15, 0.2) is 48.5 Å². The zero-order valence-corrected chi connectivity index (χ0v) is 13.6. The Morgan fingerprint density at radius 3 is 2.29 bits per heavy atom. The highest BCUT2D eigenvalue weighted by Crippen LogP contribution is 2.28. The molecule has 2 heteroatoms. The van der Waals surface area contributed by atoms with E-state index < -0.39 is 0 Å². The van der Waals surface area contributed by atoms with Crippen LogP contribution in [0, 0.1) is 6.92 Å². The van der Waals surface area contributed by atoms with E-state index in [9.17, 15) is 0 Å². The van der Waals surface area contributed by atoms with Crippen LogP contribution >= 0.6 is 0 Å². The maximum absolute atomic E-state index is 3.52. The molecule has 1 N–H and O–H groups in total. The lowest BCUT2D eigenvalue weighted by atomic mass is 10.1. The zero-order chi connectivity index (χ0) is 15.2. The van der Waals surface area contributed by atoms with Crippen LogP contribution in [0.5, 0.6) is 0 Å². The average molecular weight is 282 g/mol. The maximum atomic E-state index is 3.52. The Balaban J connectivity index is 2.31. The Bertz CT molecular complexity index is 558. The SMILES string of the molecule is CCN(c1ccc(C)cc1)c1ccccc1CNC(C)C. The van der Waals surface area contributed by atoms with Gasteiger partial charge in [-0.2, -0.15) is 0 Å². The fraction of sp³-hybridized carbons (Fsp3) is 0.368. The Hall–Kier alpha value is -1.80. The summed E-state index contributed by atoms with van der Waals surface area (Å²) in [4.78, 5) is 2.37. The van der Waals surface area contributed by atoms with Gasteiger partial charge in [0, 0.05) is 30.5 Å². The van der Waals surface area contributed by atoms with Crippen LogP contribution in [-0.4, -0.2) is 12.6 Å². The topological polar surface area (TPSA) is 15.3 Å². The third kappa shape index (κ3) is 4.08. The first-order valence-corrected chi connectivity index (χ1v) is 7.77. The molecular weight excluding hydrogens is 256 g/mol. The van der Waals surface area contributed by atoms with Crippen LogP contribution < -0.4 is 10.2 Å². The van der Waals surface area contributed by atoms with E-state index in [1.165, 1.54) is 22.5 Å². The van der Waals surface area contributed by atoms with E-state index in [2.05, 4.69) is 86.4 Å². The zero-order valence-electron chi connectivity index (χ0n) is 13.6. The highest BCUT2D eigenvalue weighted by Gasteiger charge is 2.11. The minimum absolute atomic E-state index is 0.493. The van der Waals surface area contributed by atoms with Gasteiger partial charge in [0.15, 0.2) is 0 Å². The van der Waals surface area contributed by atoms with Crippen molar-refractivity contribution < 1.29 is 0 Å².